The van der Waals surface area contributed by atoms with Crippen LogP contribution < -0.4 is 16.4 Å². The molecule has 0 spiro atoms. The molecule has 2 fully saturated rings. The van der Waals surface area contributed by atoms with Crippen LogP contribution in [0.2, 0.25) is 0 Å². The summed E-state index contributed by atoms with van der Waals surface area (Å²) < 4.78 is 27.9. The molecule has 3 unspecified atom stereocenters. The van der Waals surface area contributed by atoms with Crippen LogP contribution in [0.4, 0.5) is 0 Å². The van der Waals surface area contributed by atoms with Gasteiger partial charge in [0, 0.05) is 23.5 Å². The van der Waals surface area contributed by atoms with Crippen LogP contribution in [0.15, 0.2) is 34.6 Å². The van der Waals surface area contributed by atoms with E-state index in [1.165, 1.54) is 12.7 Å². The third-order valence-corrected chi connectivity index (χ3v) is 10.3. The molecule has 18 nitrogen and oxygen atoms in total. The third-order valence-electron chi connectivity index (χ3n) is 8.12. The first-order valence-electron chi connectivity index (χ1n) is 14.9. The molecular formula is C28H45N8O10P3+2. The molecule has 270 valence electrons. The van der Waals surface area contributed by atoms with Crippen molar-refractivity contribution in [2.45, 2.75) is 62.9 Å². The summed E-state index contributed by atoms with van der Waals surface area (Å²) in [6.07, 6.45) is 2.41. The summed E-state index contributed by atoms with van der Waals surface area (Å²) in [7, 11) is 0.132. The van der Waals surface area contributed by atoms with Gasteiger partial charge in [0.2, 0.25) is 6.35 Å². The van der Waals surface area contributed by atoms with Gasteiger partial charge in [0.05, 0.1) is 62.2 Å². The van der Waals surface area contributed by atoms with Crippen molar-refractivity contribution in [3.63, 3.8) is 0 Å². The van der Waals surface area contributed by atoms with Gasteiger partial charge in [-0.25, -0.2) is 9.97 Å². The minimum Gasteiger partial charge on any atom is -0.395 e. The zero-order chi connectivity index (χ0) is 35.3. The lowest BCUT2D eigenvalue weighted by atomic mass is 10.0. The highest BCUT2D eigenvalue weighted by Gasteiger charge is 2.47. The fourth-order valence-electron chi connectivity index (χ4n) is 5.52. The summed E-state index contributed by atoms with van der Waals surface area (Å²) >= 11 is 0. The van der Waals surface area contributed by atoms with Gasteiger partial charge in [0.1, 0.15) is 53.8 Å². The van der Waals surface area contributed by atoms with Gasteiger partial charge >= 0.3 is 15.6 Å². The van der Waals surface area contributed by atoms with Gasteiger partial charge in [-0.1, -0.05) is 25.9 Å². The Labute approximate surface area is 285 Å². The molecule has 0 radical (unpaired) electrons. The van der Waals surface area contributed by atoms with Crippen LogP contribution in [0.3, 0.4) is 0 Å². The third kappa shape index (κ3) is 8.91. The van der Waals surface area contributed by atoms with Gasteiger partial charge in [-0.15, -0.1) is 0 Å². The number of nitrogens with one attached hydrogen (secondary N) is 5. The number of nitrogens with zero attached hydrogens (tertiary/aromatic N) is 3. The Bertz CT molecular complexity index is 1830. The highest BCUT2D eigenvalue weighted by Crippen LogP contribution is 2.41. The Hall–Kier alpha value is -2.85. The predicted molar refractivity (Wildman–Crippen MR) is 187 cm³/mol. The van der Waals surface area contributed by atoms with Gasteiger partial charge in [0.15, 0.2) is 0 Å². The molecule has 0 saturated carbocycles. The van der Waals surface area contributed by atoms with Crippen molar-refractivity contribution in [1.29, 1.82) is 0 Å². The Morgan fingerprint density at radius 2 is 1.39 bits per heavy atom. The zero-order valence-electron chi connectivity index (χ0n) is 26.3. The first-order chi connectivity index (χ1) is 22.8. The van der Waals surface area contributed by atoms with Crippen molar-refractivity contribution in [3.05, 3.63) is 56.9 Å². The molecule has 11 atom stereocenters. The van der Waals surface area contributed by atoms with Gasteiger partial charge < -0.3 is 55.5 Å². The van der Waals surface area contributed by atoms with Crippen molar-refractivity contribution in [3.8, 4) is 0 Å². The molecule has 6 heterocycles. The number of aromatic nitrogens is 6. The number of hydrogen-bond donors (Lipinski definition) is 10. The molecule has 6 rings (SSSR count). The normalized spacial score (nSPS) is 27.2. The maximum Gasteiger partial charge on any atom is 0.363 e. The molecule has 21 heteroatoms. The largest absolute Gasteiger partial charge is 0.395 e. The molecule has 10 N–H and O–H groups in total. The van der Waals surface area contributed by atoms with Crippen LogP contribution in [0.5, 0.6) is 0 Å². The van der Waals surface area contributed by atoms with E-state index < -0.39 is 64.2 Å². The predicted octanol–water partition coefficient (Wildman–Crippen LogP) is -0.00250. The fourth-order valence-corrected chi connectivity index (χ4v) is 6.49. The highest BCUT2D eigenvalue weighted by molar-refractivity contribution is 7.43. The molecule has 0 amide bonds. The lowest BCUT2D eigenvalue weighted by Crippen LogP contribution is -2.37. The van der Waals surface area contributed by atoms with Crippen molar-refractivity contribution in [1.82, 2.24) is 39.9 Å². The Kier molecular flexibility index (Phi) is 14.8. The summed E-state index contributed by atoms with van der Waals surface area (Å²) in [4.78, 5) is 42.2. The Balaban J connectivity index is 0.000000231. The second-order valence-electron chi connectivity index (χ2n) is 11.3. The van der Waals surface area contributed by atoms with Crippen molar-refractivity contribution < 1.29 is 39.4 Å². The average Bonchev–Trinajstić information content (AvgIpc) is 3.79. The van der Waals surface area contributed by atoms with E-state index in [0.717, 1.165) is 6.16 Å². The quantitative estimate of drug-likeness (QED) is 0.106. The number of fused-ring (bicyclic) bond motifs is 2. The van der Waals surface area contributed by atoms with Crippen LogP contribution >= 0.6 is 25.0 Å². The number of hydrogen-bond acceptors (Lipinski definition) is 14. The molecule has 2 aliphatic rings. The van der Waals surface area contributed by atoms with Crippen LogP contribution in [0, 0.1) is 0 Å². The maximum absolute atomic E-state index is 11.7. The summed E-state index contributed by atoms with van der Waals surface area (Å²) in [6.45, 7) is 5.04. The smallest absolute Gasteiger partial charge is 0.363 e. The maximum atomic E-state index is 11.7. The Morgan fingerprint density at radius 3 is 1.88 bits per heavy atom. The minimum atomic E-state index is -1.42. The summed E-state index contributed by atoms with van der Waals surface area (Å²) in [5, 5.41) is 53.0. The van der Waals surface area contributed by atoms with E-state index in [2.05, 4.69) is 44.6 Å². The van der Waals surface area contributed by atoms with Crippen LogP contribution in [0.1, 0.15) is 37.6 Å². The van der Waals surface area contributed by atoms with Gasteiger partial charge in [-0.3, -0.25) is 14.3 Å². The average molecular weight is 747 g/mol. The van der Waals surface area contributed by atoms with Crippen LogP contribution in [-0.2, 0) is 13.9 Å². The number of aliphatic hydroxyl groups is 5. The lowest BCUT2D eigenvalue weighted by molar-refractivity contribution is 0.0133. The molecule has 0 bridgehead atoms. The molecule has 4 aromatic heterocycles. The minimum absolute atomic E-state index is 0. The van der Waals surface area contributed by atoms with Crippen molar-refractivity contribution in [2.75, 3.05) is 39.1 Å². The van der Waals surface area contributed by atoms with Gasteiger partial charge in [-0.2, -0.15) is 0 Å². The summed E-state index contributed by atoms with van der Waals surface area (Å²) in [6, 6.07) is -2.25. The zero-order valence-corrected chi connectivity index (χ0v) is 29.3. The first kappa shape index (κ1) is 40.6. The van der Waals surface area contributed by atoms with Crippen molar-refractivity contribution in [2.24, 2.45) is 0 Å². The van der Waals surface area contributed by atoms with E-state index in [4.69, 9.17) is 4.74 Å². The Morgan fingerprint density at radius 1 is 0.857 bits per heavy atom. The van der Waals surface area contributed by atoms with E-state index in [0.29, 0.717) is 33.2 Å². The highest BCUT2D eigenvalue weighted by atomic mass is 31.1. The van der Waals surface area contributed by atoms with E-state index >= 15 is 0 Å². The molecule has 49 heavy (non-hydrogen) atoms. The van der Waals surface area contributed by atoms with E-state index in [-0.39, 0.29) is 38.1 Å². The molecule has 4 aromatic rings. The molecule has 2 aliphatic heterocycles. The SMILES string of the molecule is C.CC[P+](C)=O.C[P+](=O)COC[C@H]1N[C@@H](c2c[nH]c3c(=O)[nH]cnc23)[C@H](O)[C@@H]1O.O=c1[nH]cnc2c([C@H]3[C@H](O)[C@H](O)[C@@H](CO)N3P)c[nH]c12. The topological polar surface area (TPSA) is 283 Å². The number of aromatic amines is 4. The van der Waals surface area contributed by atoms with E-state index in [1.807, 2.05) is 6.92 Å². The monoisotopic (exact) mass is 746 g/mol. The lowest BCUT2D eigenvalue weighted by Gasteiger charge is -2.23. The summed E-state index contributed by atoms with van der Waals surface area (Å²) in [5.41, 5.74) is 2.10. The number of ether oxygens (including phenoxy) is 1. The van der Waals surface area contributed by atoms with Gasteiger partial charge in [0.25, 0.3) is 11.1 Å². The fraction of sp³-hybridized carbons (Fsp3) is 0.571. The summed E-state index contributed by atoms with van der Waals surface area (Å²) in [5.74, 6) is 0. The first-order valence-corrected chi connectivity index (χ1v) is 19.2. The standard InChI is InChI=1S/C13H17N4O5P.C11H15N4O4P.C3H8OP.CH4/c1-23(21)5-22-3-7-11(18)12(19)9(17-7)6-2-14-10-8(6)15-4-16-13(10)20;16-2-5-9(17)10(18)8(15(5)20)4-1-12-7-6(4)13-3-14-11(7)19;1-3-5(2)4;/h2,4,7,9,11-12,17-19H,3,5H2,1H3,(H-,14,15,16,20);1,3,5,8-10,12,16-18H,2,20H2,(H,13,14,19);3H2,1-2H3;1H4/q;;+1;/p+1/t7-,9+,11-,12+;5-,8+,9-,10+;;/m11../s1. The number of H-pyrrole nitrogens is 4. The van der Waals surface area contributed by atoms with E-state index in [1.54, 1.807) is 30.4 Å². The molecule has 0 aliphatic carbocycles. The number of rotatable bonds is 8. The second-order valence-corrected chi connectivity index (χ2v) is 15.3. The molecular weight excluding hydrogens is 701 g/mol. The number of aliphatic hydroxyl groups excluding tert-OH is 5. The van der Waals surface area contributed by atoms with Crippen molar-refractivity contribution >= 4 is 47.1 Å². The van der Waals surface area contributed by atoms with Crippen LogP contribution in [-0.4, -0.2) is 136 Å². The van der Waals surface area contributed by atoms with Gasteiger partial charge in [-0.05, 0) is 6.92 Å². The molecule has 2 saturated heterocycles. The molecule has 0 aromatic carbocycles. The second kappa shape index (κ2) is 17.9. The van der Waals surface area contributed by atoms with Crippen LogP contribution in [0.25, 0.3) is 22.1 Å². The van der Waals surface area contributed by atoms with E-state index in [9.17, 15) is 44.3 Å².